The SMILES string of the molecule is CC(C)Cc1cn(C2CCN(C(=O)C3CCCCCC3)CC2)nn1. The van der Waals surface area contributed by atoms with Gasteiger partial charge in [-0.2, -0.15) is 0 Å². The molecule has 1 aliphatic heterocycles. The van der Waals surface area contributed by atoms with Gasteiger partial charge in [-0.3, -0.25) is 4.79 Å². The number of rotatable bonds is 4. The maximum Gasteiger partial charge on any atom is 0.225 e. The third-order valence-electron chi connectivity index (χ3n) is 5.53. The standard InChI is InChI=1S/C19H32N4O/c1-15(2)13-17-14-23(21-20-17)18-9-11-22(12-10-18)19(24)16-7-5-3-4-6-8-16/h14-16,18H,3-13H2,1-2H3. The lowest BCUT2D eigenvalue weighted by molar-refractivity contribution is -0.137. The fraction of sp³-hybridized carbons (Fsp3) is 0.842. The second-order valence-corrected chi connectivity index (χ2v) is 8.03. The number of likely N-dealkylation sites (tertiary alicyclic amines) is 1. The molecule has 2 aliphatic rings. The van der Waals surface area contributed by atoms with Crippen LogP contribution in [-0.2, 0) is 11.2 Å². The normalized spacial score (nSPS) is 21.2. The molecule has 0 atom stereocenters. The van der Waals surface area contributed by atoms with Gasteiger partial charge in [-0.15, -0.1) is 5.10 Å². The van der Waals surface area contributed by atoms with Gasteiger partial charge in [0.05, 0.1) is 11.7 Å². The number of hydrogen-bond donors (Lipinski definition) is 0. The molecule has 0 N–H and O–H groups in total. The van der Waals surface area contributed by atoms with Gasteiger partial charge in [0.25, 0.3) is 0 Å². The summed E-state index contributed by atoms with van der Waals surface area (Å²) >= 11 is 0. The third-order valence-corrected chi connectivity index (χ3v) is 5.53. The smallest absolute Gasteiger partial charge is 0.225 e. The zero-order valence-electron chi connectivity index (χ0n) is 15.3. The van der Waals surface area contributed by atoms with Gasteiger partial charge in [-0.1, -0.05) is 44.7 Å². The quantitative estimate of drug-likeness (QED) is 0.792. The highest BCUT2D eigenvalue weighted by atomic mass is 16.2. The van der Waals surface area contributed by atoms with E-state index in [-0.39, 0.29) is 5.92 Å². The van der Waals surface area contributed by atoms with E-state index in [4.69, 9.17) is 0 Å². The van der Waals surface area contributed by atoms with Crippen LogP contribution < -0.4 is 0 Å². The molecule has 2 fully saturated rings. The molecule has 0 radical (unpaired) electrons. The van der Waals surface area contributed by atoms with Gasteiger partial charge in [-0.25, -0.2) is 4.68 Å². The lowest BCUT2D eigenvalue weighted by Gasteiger charge is -2.34. The highest BCUT2D eigenvalue weighted by Gasteiger charge is 2.29. The highest BCUT2D eigenvalue weighted by Crippen LogP contribution is 2.28. The fourth-order valence-electron chi connectivity index (χ4n) is 4.14. The Balaban J connectivity index is 1.51. The summed E-state index contributed by atoms with van der Waals surface area (Å²) in [5, 5.41) is 8.63. The third kappa shape index (κ3) is 4.37. The van der Waals surface area contributed by atoms with Gasteiger partial charge < -0.3 is 4.90 Å². The van der Waals surface area contributed by atoms with Crippen molar-refractivity contribution in [3.8, 4) is 0 Å². The predicted molar refractivity (Wildman–Crippen MR) is 94.6 cm³/mol. The van der Waals surface area contributed by atoms with Gasteiger partial charge in [0.2, 0.25) is 5.91 Å². The molecule has 1 aromatic heterocycles. The van der Waals surface area contributed by atoms with Crippen molar-refractivity contribution in [1.82, 2.24) is 19.9 Å². The van der Waals surface area contributed by atoms with Crippen molar-refractivity contribution < 1.29 is 4.79 Å². The largest absolute Gasteiger partial charge is 0.342 e. The predicted octanol–water partition coefficient (Wildman–Crippen LogP) is 3.61. The Hall–Kier alpha value is -1.39. The first kappa shape index (κ1) is 17.4. The molecule has 134 valence electrons. The van der Waals surface area contributed by atoms with E-state index in [9.17, 15) is 4.79 Å². The van der Waals surface area contributed by atoms with Crippen LogP contribution in [0.1, 0.15) is 76.9 Å². The summed E-state index contributed by atoms with van der Waals surface area (Å²) in [7, 11) is 0. The molecule has 1 aliphatic carbocycles. The molecule has 0 bridgehead atoms. The number of piperidine rings is 1. The lowest BCUT2D eigenvalue weighted by Crippen LogP contribution is -2.42. The summed E-state index contributed by atoms with van der Waals surface area (Å²) in [5.74, 6) is 1.30. The minimum atomic E-state index is 0.285. The Morgan fingerprint density at radius 3 is 2.42 bits per heavy atom. The molecule has 1 saturated heterocycles. The number of nitrogens with zero attached hydrogens (tertiary/aromatic N) is 4. The number of carbonyl (C=O) groups is 1. The molecule has 24 heavy (non-hydrogen) atoms. The van der Waals surface area contributed by atoms with E-state index >= 15 is 0 Å². The van der Waals surface area contributed by atoms with E-state index in [1.807, 2.05) is 4.68 Å². The molecular formula is C19H32N4O. The molecule has 5 nitrogen and oxygen atoms in total. The number of carbonyl (C=O) groups excluding carboxylic acids is 1. The van der Waals surface area contributed by atoms with Gasteiger partial charge in [-0.05, 0) is 38.0 Å². The van der Waals surface area contributed by atoms with Crippen LogP contribution in [0.25, 0.3) is 0 Å². The number of amides is 1. The van der Waals surface area contributed by atoms with Crippen molar-refractivity contribution in [2.45, 2.75) is 77.7 Å². The van der Waals surface area contributed by atoms with E-state index in [0.717, 1.165) is 50.9 Å². The highest BCUT2D eigenvalue weighted by molar-refractivity contribution is 5.78. The molecule has 1 amide bonds. The van der Waals surface area contributed by atoms with Crippen LogP contribution in [0, 0.1) is 11.8 Å². The summed E-state index contributed by atoms with van der Waals surface area (Å²) in [6, 6.07) is 0.400. The lowest BCUT2D eigenvalue weighted by atomic mass is 9.96. The summed E-state index contributed by atoms with van der Waals surface area (Å²) in [6.07, 6.45) is 12.3. The van der Waals surface area contributed by atoms with Crippen molar-refractivity contribution in [2.24, 2.45) is 11.8 Å². The molecule has 3 rings (SSSR count). The monoisotopic (exact) mass is 332 g/mol. The molecule has 0 unspecified atom stereocenters. The van der Waals surface area contributed by atoms with Crippen LogP contribution in [0.3, 0.4) is 0 Å². The fourth-order valence-corrected chi connectivity index (χ4v) is 4.14. The van der Waals surface area contributed by atoms with Gasteiger partial charge >= 0.3 is 0 Å². The first-order chi connectivity index (χ1) is 11.6. The maximum absolute atomic E-state index is 12.8. The topological polar surface area (TPSA) is 51.0 Å². The Morgan fingerprint density at radius 2 is 1.79 bits per heavy atom. The summed E-state index contributed by atoms with van der Waals surface area (Å²) in [6.45, 7) is 6.16. The summed E-state index contributed by atoms with van der Waals surface area (Å²) in [5.41, 5.74) is 1.09. The van der Waals surface area contributed by atoms with Crippen molar-refractivity contribution in [1.29, 1.82) is 0 Å². The first-order valence-corrected chi connectivity index (χ1v) is 9.83. The van der Waals surface area contributed by atoms with E-state index in [1.165, 1.54) is 25.7 Å². The minimum absolute atomic E-state index is 0.285. The zero-order chi connectivity index (χ0) is 16.9. The Bertz CT molecular complexity index is 523. The van der Waals surface area contributed by atoms with E-state index in [0.29, 0.717) is 17.9 Å². The average molecular weight is 332 g/mol. The van der Waals surface area contributed by atoms with Crippen molar-refractivity contribution >= 4 is 5.91 Å². The second kappa shape index (κ2) is 8.13. The Labute approximate surface area is 145 Å². The molecule has 0 spiro atoms. The van der Waals surface area contributed by atoms with Crippen LogP contribution in [0.5, 0.6) is 0 Å². The molecule has 1 aromatic rings. The van der Waals surface area contributed by atoms with Crippen LogP contribution in [0.4, 0.5) is 0 Å². The Kier molecular flexibility index (Phi) is 5.90. The average Bonchev–Trinajstić information content (AvgIpc) is 2.86. The van der Waals surface area contributed by atoms with Crippen LogP contribution in [-0.4, -0.2) is 38.9 Å². The molecule has 0 aromatic carbocycles. The first-order valence-electron chi connectivity index (χ1n) is 9.83. The van der Waals surface area contributed by atoms with E-state index < -0.39 is 0 Å². The second-order valence-electron chi connectivity index (χ2n) is 8.03. The number of hydrogen-bond acceptors (Lipinski definition) is 3. The molecule has 1 saturated carbocycles. The van der Waals surface area contributed by atoms with Gasteiger partial charge in [0.15, 0.2) is 0 Å². The molecular weight excluding hydrogens is 300 g/mol. The number of aromatic nitrogens is 3. The summed E-state index contributed by atoms with van der Waals surface area (Å²) < 4.78 is 2.03. The maximum atomic E-state index is 12.8. The van der Waals surface area contributed by atoms with E-state index in [1.54, 1.807) is 0 Å². The Morgan fingerprint density at radius 1 is 1.12 bits per heavy atom. The van der Waals surface area contributed by atoms with Crippen LogP contribution in [0.15, 0.2) is 6.20 Å². The zero-order valence-corrected chi connectivity index (χ0v) is 15.3. The minimum Gasteiger partial charge on any atom is -0.342 e. The van der Waals surface area contributed by atoms with Crippen molar-refractivity contribution in [3.05, 3.63) is 11.9 Å². The van der Waals surface area contributed by atoms with Crippen LogP contribution >= 0.6 is 0 Å². The molecule has 2 heterocycles. The van der Waals surface area contributed by atoms with E-state index in [2.05, 4.69) is 35.3 Å². The van der Waals surface area contributed by atoms with Gasteiger partial charge in [0.1, 0.15) is 0 Å². The van der Waals surface area contributed by atoms with Crippen molar-refractivity contribution in [2.75, 3.05) is 13.1 Å². The van der Waals surface area contributed by atoms with Crippen LogP contribution in [0.2, 0.25) is 0 Å². The summed E-state index contributed by atoms with van der Waals surface area (Å²) in [4.78, 5) is 14.9. The van der Waals surface area contributed by atoms with Gasteiger partial charge in [0, 0.05) is 25.2 Å². The van der Waals surface area contributed by atoms with Crippen molar-refractivity contribution in [3.63, 3.8) is 0 Å². The molecule has 5 heteroatoms.